The average Bonchev–Trinajstić information content (AvgIpc) is 2.87. The number of nitrogens with zero attached hydrogens (tertiary/aromatic N) is 3. The normalized spacial score (nSPS) is 11.9. The first kappa shape index (κ1) is 26.0. The molecule has 1 unspecified atom stereocenters. The summed E-state index contributed by atoms with van der Waals surface area (Å²) >= 11 is 18.5. The molecule has 4 rings (SSSR count). The van der Waals surface area contributed by atoms with Gasteiger partial charge in [0.1, 0.15) is 5.82 Å². The molecule has 0 radical (unpaired) electrons. The molecule has 1 N–H and O–H groups in total. The maximum atomic E-state index is 13.6. The Hall–Kier alpha value is -3.10. The van der Waals surface area contributed by atoms with Crippen molar-refractivity contribution in [1.82, 2.24) is 14.5 Å². The highest BCUT2D eigenvalue weighted by Gasteiger charge is 2.27. The van der Waals surface area contributed by atoms with Crippen LogP contribution in [-0.2, 0) is 4.74 Å². The molecule has 0 aliphatic rings. The smallest absolute Gasteiger partial charge is 0.322 e. The van der Waals surface area contributed by atoms with E-state index in [4.69, 9.17) is 44.5 Å². The molecule has 36 heavy (non-hydrogen) atoms. The van der Waals surface area contributed by atoms with Crippen molar-refractivity contribution in [3.8, 4) is 5.69 Å². The zero-order valence-electron chi connectivity index (χ0n) is 19.5. The van der Waals surface area contributed by atoms with Crippen molar-refractivity contribution in [3.05, 3.63) is 98.0 Å². The van der Waals surface area contributed by atoms with Crippen LogP contribution in [0.15, 0.2) is 71.5 Å². The van der Waals surface area contributed by atoms with Crippen LogP contribution in [0.2, 0.25) is 15.1 Å². The highest BCUT2D eigenvalue weighted by Crippen LogP contribution is 2.31. The Bertz CT molecular complexity index is 1460. The van der Waals surface area contributed by atoms with Gasteiger partial charge in [-0.05, 0) is 55.5 Å². The maximum Gasteiger partial charge on any atom is 0.322 e. The van der Waals surface area contributed by atoms with E-state index < -0.39 is 12.1 Å². The summed E-state index contributed by atoms with van der Waals surface area (Å²) in [6.07, 6.45) is 0. The number of fused-ring (bicyclic) bond motifs is 1. The van der Waals surface area contributed by atoms with Gasteiger partial charge in [-0.25, -0.2) is 9.78 Å². The zero-order chi connectivity index (χ0) is 25.8. The number of anilines is 1. The van der Waals surface area contributed by atoms with E-state index in [-0.39, 0.29) is 23.7 Å². The van der Waals surface area contributed by atoms with Gasteiger partial charge in [-0.2, -0.15) is 0 Å². The molecule has 0 saturated heterocycles. The number of para-hydroxylation sites is 1. The Balaban J connectivity index is 1.83. The summed E-state index contributed by atoms with van der Waals surface area (Å²) in [7, 11) is 1.55. The Morgan fingerprint density at radius 3 is 2.50 bits per heavy atom. The van der Waals surface area contributed by atoms with Gasteiger partial charge >= 0.3 is 6.03 Å². The van der Waals surface area contributed by atoms with Crippen molar-refractivity contribution in [2.24, 2.45) is 0 Å². The number of ether oxygens (including phenoxy) is 1. The molecule has 1 heterocycles. The van der Waals surface area contributed by atoms with Crippen LogP contribution < -0.4 is 10.9 Å². The number of hydrogen-bond acceptors (Lipinski definition) is 4. The lowest BCUT2D eigenvalue weighted by Crippen LogP contribution is -2.41. The monoisotopic (exact) mass is 544 g/mol. The van der Waals surface area contributed by atoms with Crippen LogP contribution in [0.4, 0.5) is 10.5 Å². The molecule has 186 valence electrons. The average molecular weight is 546 g/mol. The molecule has 0 fully saturated rings. The molecule has 0 saturated carbocycles. The van der Waals surface area contributed by atoms with Crippen LogP contribution in [0.1, 0.15) is 18.8 Å². The molecule has 1 aromatic heterocycles. The van der Waals surface area contributed by atoms with Crippen LogP contribution >= 0.6 is 34.8 Å². The summed E-state index contributed by atoms with van der Waals surface area (Å²) < 4.78 is 6.75. The predicted molar refractivity (Wildman–Crippen MR) is 145 cm³/mol. The van der Waals surface area contributed by atoms with E-state index in [0.717, 1.165) is 0 Å². The highest BCUT2D eigenvalue weighted by molar-refractivity contribution is 6.44. The highest BCUT2D eigenvalue weighted by atomic mass is 35.5. The Morgan fingerprint density at radius 1 is 1.06 bits per heavy atom. The van der Waals surface area contributed by atoms with Gasteiger partial charge in [0.25, 0.3) is 5.56 Å². The van der Waals surface area contributed by atoms with Crippen LogP contribution in [0, 0.1) is 0 Å². The molecule has 1 atom stereocenters. The molecule has 0 aliphatic heterocycles. The number of aromatic nitrogens is 2. The summed E-state index contributed by atoms with van der Waals surface area (Å²) in [5, 5.41) is 4.36. The number of benzene rings is 3. The third-order valence-electron chi connectivity index (χ3n) is 5.72. The minimum absolute atomic E-state index is 0.227. The van der Waals surface area contributed by atoms with Crippen molar-refractivity contribution in [3.63, 3.8) is 0 Å². The quantitative estimate of drug-likeness (QED) is 0.284. The molecule has 10 heteroatoms. The van der Waals surface area contributed by atoms with Gasteiger partial charge in [0.15, 0.2) is 0 Å². The maximum absolute atomic E-state index is 13.6. The number of carbonyl (C=O) groups excluding carboxylic acids is 1. The Morgan fingerprint density at radius 2 is 1.78 bits per heavy atom. The summed E-state index contributed by atoms with van der Waals surface area (Å²) in [5.74, 6) is 0.379. The van der Waals surface area contributed by atoms with Gasteiger partial charge in [0.2, 0.25) is 0 Å². The number of halogens is 3. The predicted octanol–water partition coefficient (Wildman–Crippen LogP) is 6.59. The number of urea groups is 1. The van der Waals surface area contributed by atoms with E-state index in [0.29, 0.717) is 38.1 Å². The molecule has 7 nitrogen and oxygen atoms in total. The van der Waals surface area contributed by atoms with Crippen molar-refractivity contribution in [1.29, 1.82) is 0 Å². The number of rotatable bonds is 7. The zero-order valence-corrected chi connectivity index (χ0v) is 21.8. The van der Waals surface area contributed by atoms with Gasteiger partial charge in [0, 0.05) is 18.7 Å². The number of amides is 2. The van der Waals surface area contributed by atoms with Gasteiger partial charge < -0.3 is 15.0 Å². The first-order chi connectivity index (χ1) is 17.3. The lowest BCUT2D eigenvalue weighted by molar-refractivity contribution is 0.137. The largest absolute Gasteiger partial charge is 0.383 e. The van der Waals surface area contributed by atoms with Gasteiger partial charge in [-0.1, -0.05) is 53.0 Å². The van der Waals surface area contributed by atoms with Crippen LogP contribution in [0.3, 0.4) is 0 Å². The summed E-state index contributed by atoms with van der Waals surface area (Å²) in [6.45, 7) is 2.29. The first-order valence-electron chi connectivity index (χ1n) is 11.1. The van der Waals surface area contributed by atoms with Crippen LogP contribution in [0.25, 0.3) is 16.6 Å². The van der Waals surface area contributed by atoms with E-state index in [2.05, 4.69) is 5.32 Å². The second kappa shape index (κ2) is 11.3. The van der Waals surface area contributed by atoms with Crippen molar-refractivity contribution >= 4 is 57.4 Å². The van der Waals surface area contributed by atoms with Crippen molar-refractivity contribution in [2.75, 3.05) is 25.6 Å². The summed E-state index contributed by atoms with van der Waals surface area (Å²) in [6, 6.07) is 17.9. The second-order valence-electron chi connectivity index (χ2n) is 8.00. The lowest BCUT2D eigenvalue weighted by Gasteiger charge is -2.30. The number of methoxy groups -OCH3 is 1. The van der Waals surface area contributed by atoms with Crippen LogP contribution in [0.5, 0.6) is 0 Å². The second-order valence-corrected chi connectivity index (χ2v) is 9.22. The third kappa shape index (κ3) is 5.34. The number of hydrogen-bond donors (Lipinski definition) is 1. The molecule has 0 spiro atoms. The van der Waals surface area contributed by atoms with E-state index in [9.17, 15) is 9.59 Å². The van der Waals surface area contributed by atoms with Crippen molar-refractivity contribution in [2.45, 2.75) is 13.0 Å². The fraction of sp³-hybridized carbons (Fsp3) is 0.192. The van der Waals surface area contributed by atoms with Crippen molar-refractivity contribution < 1.29 is 9.53 Å². The van der Waals surface area contributed by atoms with Gasteiger partial charge in [0.05, 0.1) is 45.0 Å². The summed E-state index contributed by atoms with van der Waals surface area (Å²) in [5.41, 5.74) is 1.22. The minimum atomic E-state index is -0.633. The summed E-state index contributed by atoms with van der Waals surface area (Å²) in [4.78, 5) is 33.4. The lowest BCUT2D eigenvalue weighted by atomic mass is 10.2. The SMILES string of the molecule is COCCN(C(=O)Nc1cccc(Cl)c1Cl)C(C)c1nc2ccccc2c(=O)n1-c1ccc(Cl)cc1. The first-order valence-corrected chi connectivity index (χ1v) is 12.2. The molecular weight excluding hydrogens is 523 g/mol. The Kier molecular flexibility index (Phi) is 8.16. The van der Waals surface area contributed by atoms with Crippen LogP contribution in [-0.4, -0.2) is 40.7 Å². The van der Waals surface area contributed by atoms with E-state index in [1.807, 2.05) is 6.07 Å². The molecule has 3 aromatic carbocycles. The molecular formula is C26H23Cl3N4O3. The molecule has 4 aromatic rings. The van der Waals surface area contributed by atoms with E-state index >= 15 is 0 Å². The number of carbonyl (C=O) groups is 1. The topological polar surface area (TPSA) is 76.5 Å². The minimum Gasteiger partial charge on any atom is -0.383 e. The standard InChI is InChI=1S/C26H23Cl3N4O3/c1-16(32(14-15-36-2)26(35)31-22-9-5-7-20(28)23(22)29)24-30-21-8-4-3-6-19(21)25(34)33(24)18-12-10-17(27)11-13-18/h3-13,16H,14-15H2,1-2H3,(H,31,35). The third-order valence-corrected chi connectivity index (χ3v) is 6.79. The van der Waals surface area contributed by atoms with Gasteiger partial charge in [-0.3, -0.25) is 9.36 Å². The van der Waals surface area contributed by atoms with E-state index in [1.165, 1.54) is 9.47 Å². The number of nitrogens with one attached hydrogen (secondary N) is 1. The fourth-order valence-electron chi connectivity index (χ4n) is 3.86. The fourth-order valence-corrected chi connectivity index (χ4v) is 4.33. The molecule has 0 bridgehead atoms. The Labute approximate surface area is 223 Å². The molecule has 0 aliphatic carbocycles. The van der Waals surface area contributed by atoms with Gasteiger partial charge in [-0.15, -0.1) is 0 Å². The van der Waals surface area contributed by atoms with E-state index in [1.54, 1.807) is 74.7 Å². The molecule has 2 amide bonds.